The average Bonchev–Trinajstić information content (AvgIpc) is 2.24. The fraction of sp³-hybridized carbons (Fsp3) is 0.100. The molecular formula is C10H9Cl2NO4S. The van der Waals surface area contributed by atoms with Crippen LogP contribution in [0.3, 0.4) is 0 Å². The molecule has 0 saturated carbocycles. The van der Waals surface area contributed by atoms with Gasteiger partial charge in [-0.1, -0.05) is 29.8 Å². The summed E-state index contributed by atoms with van der Waals surface area (Å²) >= 11 is 11.1. The topological polar surface area (TPSA) is 86.5 Å². The molecule has 0 bridgehead atoms. The quantitative estimate of drug-likeness (QED) is 0.861. The van der Waals surface area contributed by atoms with E-state index >= 15 is 0 Å². The monoisotopic (exact) mass is 309 g/mol. The number of nitrogens with two attached hydrogens (primary N) is 1. The van der Waals surface area contributed by atoms with Gasteiger partial charge in [0.25, 0.3) is 0 Å². The van der Waals surface area contributed by atoms with E-state index in [0.717, 1.165) is 6.07 Å². The Morgan fingerprint density at radius 3 is 2.56 bits per heavy atom. The Balaban J connectivity index is 3.06. The third-order valence-electron chi connectivity index (χ3n) is 1.83. The lowest BCUT2D eigenvalue weighted by Gasteiger charge is -2.06. The van der Waals surface area contributed by atoms with E-state index in [1.807, 2.05) is 0 Å². The molecule has 0 aliphatic heterocycles. The van der Waals surface area contributed by atoms with Gasteiger partial charge in [0.15, 0.2) is 0 Å². The van der Waals surface area contributed by atoms with Crippen molar-refractivity contribution in [3.05, 3.63) is 40.4 Å². The first-order chi connectivity index (χ1) is 8.21. The lowest BCUT2D eigenvalue weighted by atomic mass is 10.2. The lowest BCUT2D eigenvalue weighted by molar-refractivity contribution is 0.0546. The van der Waals surface area contributed by atoms with Gasteiger partial charge in [-0.05, 0) is 18.2 Å². The van der Waals surface area contributed by atoms with E-state index in [2.05, 4.69) is 6.58 Å². The largest absolute Gasteiger partial charge is 0.456 e. The molecule has 98 valence electrons. The van der Waals surface area contributed by atoms with Crippen molar-refractivity contribution in [2.24, 2.45) is 5.14 Å². The van der Waals surface area contributed by atoms with E-state index in [1.54, 1.807) is 0 Å². The van der Waals surface area contributed by atoms with Crippen LogP contribution in [0.25, 0.3) is 0 Å². The second-order valence-corrected chi connectivity index (χ2v) is 5.76. The van der Waals surface area contributed by atoms with Gasteiger partial charge in [-0.2, -0.15) is 0 Å². The fourth-order valence-corrected chi connectivity index (χ4v) is 2.20. The highest BCUT2D eigenvalue weighted by Crippen LogP contribution is 2.22. The maximum atomic E-state index is 11.5. The number of carbonyl (C=O) groups excluding carboxylic acids is 1. The number of ether oxygens (including phenoxy) is 1. The molecule has 0 radical (unpaired) electrons. The van der Waals surface area contributed by atoms with Crippen molar-refractivity contribution in [2.45, 2.75) is 4.90 Å². The van der Waals surface area contributed by atoms with Crippen molar-refractivity contribution in [3.8, 4) is 0 Å². The highest BCUT2D eigenvalue weighted by atomic mass is 35.5. The number of benzene rings is 1. The Kier molecular flexibility index (Phi) is 4.75. The van der Waals surface area contributed by atoms with Crippen LogP contribution in [0.1, 0.15) is 10.4 Å². The summed E-state index contributed by atoms with van der Waals surface area (Å²) in [6.07, 6.45) is 0. The van der Waals surface area contributed by atoms with Gasteiger partial charge in [0, 0.05) is 5.03 Å². The summed E-state index contributed by atoms with van der Waals surface area (Å²) in [6.45, 7) is 3.17. The maximum absolute atomic E-state index is 11.5. The fourth-order valence-electron chi connectivity index (χ4n) is 1.08. The number of halogens is 2. The summed E-state index contributed by atoms with van der Waals surface area (Å²) in [5, 5.41) is 5.02. The van der Waals surface area contributed by atoms with Crippen LogP contribution in [-0.4, -0.2) is 21.0 Å². The van der Waals surface area contributed by atoms with E-state index in [1.165, 1.54) is 12.1 Å². The van der Waals surface area contributed by atoms with Gasteiger partial charge in [-0.3, -0.25) is 0 Å². The second kappa shape index (κ2) is 5.71. The molecule has 8 heteroatoms. The first-order valence-electron chi connectivity index (χ1n) is 4.54. The summed E-state index contributed by atoms with van der Waals surface area (Å²) in [7, 11) is -4.00. The highest BCUT2D eigenvalue weighted by molar-refractivity contribution is 7.89. The van der Waals surface area contributed by atoms with Crippen molar-refractivity contribution < 1.29 is 17.9 Å². The minimum Gasteiger partial charge on any atom is -0.456 e. The molecule has 0 atom stereocenters. The van der Waals surface area contributed by atoms with E-state index in [9.17, 15) is 13.2 Å². The van der Waals surface area contributed by atoms with Gasteiger partial charge in [0.2, 0.25) is 10.0 Å². The van der Waals surface area contributed by atoms with Crippen LogP contribution < -0.4 is 5.14 Å². The molecule has 0 spiro atoms. The Labute approximate surface area is 114 Å². The lowest BCUT2D eigenvalue weighted by Crippen LogP contribution is -2.14. The number of esters is 1. The number of hydrogen-bond donors (Lipinski definition) is 1. The van der Waals surface area contributed by atoms with Gasteiger partial charge in [-0.15, -0.1) is 0 Å². The van der Waals surface area contributed by atoms with Crippen molar-refractivity contribution >= 4 is 39.2 Å². The number of primary sulfonamides is 1. The minimum atomic E-state index is -4.00. The zero-order valence-corrected chi connectivity index (χ0v) is 11.3. The molecule has 1 aromatic carbocycles. The molecule has 0 unspecified atom stereocenters. The Hall–Kier alpha value is -1.08. The highest BCUT2D eigenvalue weighted by Gasteiger charge is 2.17. The standard InChI is InChI=1S/C10H9Cl2NO4S/c1-6(11)5-17-10(14)7-2-3-8(12)9(4-7)18(13,15)16/h2-4H,1,5H2,(H2,13,15,16). The van der Waals surface area contributed by atoms with Crippen molar-refractivity contribution in [3.63, 3.8) is 0 Å². The third kappa shape index (κ3) is 3.99. The molecule has 1 rings (SSSR count). The molecule has 18 heavy (non-hydrogen) atoms. The molecule has 2 N–H and O–H groups in total. The van der Waals surface area contributed by atoms with Crippen LogP contribution in [-0.2, 0) is 14.8 Å². The van der Waals surface area contributed by atoms with Crippen molar-refractivity contribution in [2.75, 3.05) is 6.61 Å². The Morgan fingerprint density at radius 1 is 1.44 bits per heavy atom. The molecule has 0 aromatic heterocycles. The SMILES string of the molecule is C=C(Cl)COC(=O)c1ccc(Cl)c(S(N)(=O)=O)c1. The zero-order chi connectivity index (χ0) is 13.9. The van der Waals surface area contributed by atoms with Gasteiger partial charge in [0.05, 0.1) is 10.6 Å². The van der Waals surface area contributed by atoms with Crippen LogP contribution >= 0.6 is 23.2 Å². The molecule has 0 fully saturated rings. The van der Waals surface area contributed by atoms with E-state index < -0.39 is 16.0 Å². The summed E-state index contributed by atoms with van der Waals surface area (Å²) < 4.78 is 27.1. The van der Waals surface area contributed by atoms with Gasteiger partial charge >= 0.3 is 5.97 Å². The smallest absolute Gasteiger partial charge is 0.338 e. The molecule has 5 nitrogen and oxygen atoms in total. The molecule has 0 aliphatic carbocycles. The zero-order valence-electron chi connectivity index (χ0n) is 9.02. The van der Waals surface area contributed by atoms with Crippen LogP contribution in [0.2, 0.25) is 5.02 Å². The molecular weight excluding hydrogens is 301 g/mol. The summed E-state index contributed by atoms with van der Waals surface area (Å²) in [6, 6.07) is 3.60. The Morgan fingerprint density at radius 2 is 2.06 bits per heavy atom. The van der Waals surface area contributed by atoms with Gasteiger partial charge in [0.1, 0.15) is 11.5 Å². The summed E-state index contributed by atoms with van der Waals surface area (Å²) in [5.74, 6) is -0.752. The van der Waals surface area contributed by atoms with Crippen LogP contribution in [0.5, 0.6) is 0 Å². The minimum absolute atomic E-state index is 0.00124. The van der Waals surface area contributed by atoms with E-state index in [0.29, 0.717) is 0 Å². The molecule has 0 amide bonds. The number of hydrogen-bond acceptors (Lipinski definition) is 4. The van der Waals surface area contributed by atoms with Gasteiger partial charge < -0.3 is 4.74 Å². The second-order valence-electron chi connectivity index (χ2n) is 3.28. The third-order valence-corrected chi connectivity index (χ3v) is 3.33. The van der Waals surface area contributed by atoms with Crippen LogP contribution in [0.4, 0.5) is 0 Å². The predicted molar refractivity (Wildman–Crippen MR) is 68.1 cm³/mol. The molecule has 0 heterocycles. The summed E-state index contributed by atoms with van der Waals surface area (Å²) in [4.78, 5) is 11.2. The average molecular weight is 310 g/mol. The summed E-state index contributed by atoms with van der Waals surface area (Å²) in [5.41, 5.74) is 0.00124. The van der Waals surface area contributed by atoms with E-state index in [4.69, 9.17) is 33.1 Å². The number of carbonyl (C=O) groups is 1. The molecule has 0 aliphatic rings. The first kappa shape index (κ1) is 15.0. The maximum Gasteiger partial charge on any atom is 0.338 e. The van der Waals surface area contributed by atoms with Crippen LogP contribution in [0, 0.1) is 0 Å². The first-order valence-corrected chi connectivity index (χ1v) is 6.85. The molecule has 0 saturated heterocycles. The van der Waals surface area contributed by atoms with Crippen LogP contribution in [0.15, 0.2) is 34.7 Å². The normalized spacial score (nSPS) is 11.1. The Bertz CT molecular complexity index is 598. The number of sulfonamides is 1. The van der Waals surface area contributed by atoms with Crippen molar-refractivity contribution in [1.29, 1.82) is 0 Å². The number of rotatable bonds is 4. The predicted octanol–water partition coefficient (Wildman–Crippen LogP) is 1.90. The van der Waals surface area contributed by atoms with E-state index in [-0.39, 0.29) is 27.1 Å². The van der Waals surface area contributed by atoms with Gasteiger partial charge in [-0.25, -0.2) is 18.4 Å². The molecule has 1 aromatic rings. The van der Waals surface area contributed by atoms with Crippen molar-refractivity contribution in [1.82, 2.24) is 0 Å².